The van der Waals surface area contributed by atoms with E-state index >= 15 is 0 Å². The number of allylic oxidation sites excluding steroid dienone is 4. The summed E-state index contributed by atoms with van der Waals surface area (Å²) >= 11 is 0. The molecular weight excluding hydrogens is 619 g/mol. The fourth-order valence-corrected chi connectivity index (χ4v) is 9.12. The lowest BCUT2D eigenvalue weighted by atomic mass is 9.61. The number of rotatable bonds is 3. The van der Waals surface area contributed by atoms with Crippen LogP contribution in [0.5, 0.6) is 11.5 Å². The fraction of sp³-hybridized carbons (Fsp3) is 0.0612. The summed E-state index contributed by atoms with van der Waals surface area (Å²) in [5, 5.41) is 2.54. The van der Waals surface area contributed by atoms with Crippen LogP contribution in [0.3, 0.4) is 0 Å². The molecule has 1 atom stereocenters. The zero-order chi connectivity index (χ0) is 33.5. The molecule has 1 spiro atoms. The fourth-order valence-electron chi connectivity index (χ4n) is 9.12. The molecule has 3 aliphatic rings. The highest BCUT2D eigenvalue weighted by Gasteiger charge is 2.50. The maximum absolute atomic E-state index is 6.84. The molecule has 240 valence electrons. The van der Waals surface area contributed by atoms with Crippen molar-refractivity contribution in [2.45, 2.75) is 18.3 Å². The molecule has 0 saturated heterocycles. The first kappa shape index (κ1) is 28.5. The van der Waals surface area contributed by atoms with Gasteiger partial charge in [0.25, 0.3) is 0 Å². The van der Waals surface area contributed by atoms with E-state index in [9.17, 15) is 0 Å². The lowest BCUT2D eigenvalue weighted by Gasteiger charge is -2.45. The van der Waals surface area contributed by atoms with Crippen LogP contribution in [0, 0.1) is 0 Å². The molecule has 0 N–H and O–H groups in total. The van der Waals surface area contributed by atoms with Gasteiger partial charge in [-0.1, -0.05) is 127 Å². The number of para-hydroxylation sites is 4. The second-order valence-electron chi connectivity index (χ2n) is 14.0. The van der Waals surface area contributed by atoms with Gasteiger partial charge in [0, 0.05) is 21.9 Å². The van der Waals surface area contributed by atoms with Crippen molar-refractivity contribution in [1.29, 1.82) is 0 Å². The quantitative estimate of drug-likeness (QED) is 0.185. The van der Waals surface area contributed by atoms with E-state index in [-0.39, 0.29) is 0 Å². The molecule has 2 heteroatoms. The van der Waals surface area contributed by atoms with Crippen molar-refractivity contribution in [3.8, 4) is 39.4 Å². The minimum absolute atomic E-state index is 0.600. The molecule has 2 aliphatic heterocycles. The average Bonchev–Trinajstić information content (AvgIpc) is 3.55. The smallest absolute Gasteiger partial charge is 0.132 e. The Morgan fingerprint density at radius 1 is 0.490 bits per heavy atom. The summed E-state index contributed by atoms with van der Waals surface area (Å²) in [6.45, 7) is 0. The summed E-state index contributed by atoms with van der Waals surface area (Å²) in [5.74, 6) is 1.80. The first-order chi connectivity index (χ1) is 25.3. The first-order valence-corrected chi connectivity index (χ1v) is 17.9. The number of fused-ring (bicyclic) bond motifs is 11. The van der Waals surface area contributed by atoms with Gasteiger partial charge in [0.2, 0.25) is 0 Å². The molecule has 0 saturated carbocycles. The molecule has 0 amide bonds. The Kier molecular flexibility index (Phi) is 6.03. The molecule has 0 bridgehead atoms. The SMILES string of the molecule is C1=CCCC(c2cc(-c3ccccc3)cc(-c3ccc4c(c3)C3(c5ccccc5O4)c4ccccc4-n4c5ccccc5c5cccc3c54)c2)=C1. The molecular formula is C49H33NO. The standard InChI is InChI=1S/C49H33NO/c1-3-14-32(15-4-1)35-28-36(33-16-5-2-6-17-33)30-37(29-35)34-26-27-47-43(31-34)49(41-21-9-12-25-46(41)51-47)40-20-8-11-24-45(40)50-44-23-10-7-18-38(44)39-19-13-22-42(49)48(39)50/h1-5,7-16,18-31H,6,17H2. The number of aromatic nitrogens is 1. The van der Waals surface area contributed by atoms with E-state index in [1.54, 1.807) is 0 Å². The van der Waals surface area contributed by atoms with E-state index in [1.807, 2.05) is 0 Å². The van der Waals surface area contributed by atoms with Gasteiger partial charge in [0.05, 0.1) is 22.1 Å². The van der Waals surface area contributed by atoms with Gasteiger partial charge in [-0.3, -0.25) is 0 Å². The zero-order valence-corrected chi connectivity index (χ0v) is 28.0. The third-order valence-corrected chi connectivity index (χ3v) is 11.3. The van der Waals surface area contributed by atoms with E-state index < -0.39 is 5.41 Å². The van der Waals surface area contributed by atoms with Crippen molar-refractivity contribution in [2.24, 2.45) is 0 Å². The van der Waals surface area contributed by atoms with Gasteiger partial charge in [-0.15, -0.1) is 0 Å². The van der Waals surface area contributed by atoms with Crippen LogP contribution in [-0.2, 0) is 5.41 Å². The topological polar surface area (TPSA) is 14.2 Å². The summed E-state index contributed by atoms with van der Waals surface area (Å²) in [6.07, 6.45) is 8.85. The van der Waals surface area contributed by atoms with E-state index in [0.717, 1.165) is 24.3 Å². The molecule has 0 radical (unpaired) electrons. The number of ether oxygens (including phenoxy) is 1. The number of benzene rings is 7. The molecule has 3 heterocycles. The lowest BCUT2D eigenvalue weighted by molar-refractivity contribution is 0.434. The maximum atomic E-state index is 6.84. The van der Waals surface area contributed by atoms with E-state index in [4.69, 9.17) is 4.74 Å². The van der Waals surface area contributed by atoms with Crippen LogP contribution in [0.1, 0.15) is 40.7 Å². The normalized spacial score (nSPS) is 16.7. The largest absolute Gasteiger partial charge is 0.457 e. The van der Waals surface area contributed by atoms with Crippen LogP contribution in [0.4, 0.5) is 0 Å². The summed E-state index contributed by atoms with van der Waals surface area (Å²) in [5.41, 5.74) is 15.5. The molecule has 11 rings (SSSR count). The van der Waals surface area contributed by atoms with Crippen molar-refractivity contribution in [3.63, 3.8) is 0 Å². The van der Waals surface area contributed by atoms with Crippen LogP contribution in [-0.4, -0.2) is 4.57 Å². The Labute approximate surface area is 297 Å². The molecule has 1 aromatic heterocycles. The van der Waals surface area contributed by atoms with E-state index in [0.29, 0.717) is 0 Å². The summed E-state index contributed by atoms with van der Waals surface area (Å²) < 4.78 is 9.33. The molecule has 2 nitrogen and oxygen atoms in total. The summed E-state index contributed by atoms with van der Waals surface area (Å²) in [4.78, 5) is 0. The first-order valence-electron chi connectivity index (χ1n) is 17.9. The lowest BCUT2D eigenvalue weighted by Crippen LogP contribution is -2.37. The van der Waals surface area contributed by atoms with Gasteiger partial charge >= 0.3 is 0 Å². The molecule has 0 fully saturated rings. The van der Waals surface area contributed by atoms with Crippen LogP contribution >= 0.6 is 0 Å². The second-order valence-corrected chi connectivity index (χ2v) is 14.0. The Morgan fingerprint density at radius 3 is 2.08 bits per heavy atom. The van der Waals surface area contributed by atoms with Crippen molar-refractivity contribution in [3.05, 3.63) is 204 Å². The molecule has 1 aliphatic carbocycles. The van der Waals surface area contributed by atoms with Crippen molar-refractivity contribution in [1.82, 2.24) is 4.57 Å². The van der Waals surface area contributed by atoms with Gasteiger partial charge in [0.1, 0.15) is 11.5 Å². The third kappa shape index (κ3) is 3.99. The van der Waals surface area contributed by atoms with Crippen LogP contribution in [0.15, 0.2) is 176 Å². The third-order valence-electron chi connectivity index (χ3n) is 11.3. The predicted molar refractivity (Wildman–Crippen MR) is 210 cm³/mol. The van der Waals surface area contributed by atoms with Gasteiger partial charge < -0.3 is 9.30 Å². The molecule has 1 unspecified atom stereocenters. The van der Waals surface area contributed by atoms with Crippen LogP contribution in [0.2, 0.25) is 0 Å². The maximum Gasteiger partial charge on any atom is 0.132 e. The Hall–Kier alpha value is -6.38. The highest BCUT2D eigenvalue weighted by atomic mass is 16.5. The monoisotopic (exact) mass is 651 g/mol. The number of nitrogens with zero attached hydrogens (tertiary/aromatic N) is 1. The minimum Gasteiger partial charge on any atom is -0.457 e. The summed E-state index contributed by atoms with van der Waals surface area (Å²) in [7, 11) is 0. The van der Waals surface area contributed by atoms with E-state index in [2.05, 4.69) is 181 Å². The van der Waals surface area contributed by atoms with Crippen molar-refractivity contribution >= 4 is 27.4 Å². The Balaban J connectivity index is 1.23. The molecule has 8 aromatic rings. The van der Waals surface area contributed by atoms with Gasteiger partial charge in [-0.25, -0.2) is 0 Å². The Morgan fingerprint density at radius 2 is 1.20 bits per heavy atom. The van der Waals surface area contributed by atoms with Gasteiger partial charge in [-0.05, 0) is 106 Å². The van der Waals surface area contributed by atoms with Crippen LogP contribution < -0.4 is 4.74 Å². The number of hydrogen-bond donors (Lipinski definition) is 0. The van der Waals surface area contributed by atoms with Crippen molar-refractivity contribution in [2.75, 3.05) is 0 Å². The van der Waals surface area contributed by atoms with Crippen molar-refractivity contribution < 1.29 is 4.74 Å². The van der Waals surface area contributed by atoms with Crippen LogP contribution in [0.25, 0.3) is 55.3 Å². The Bertz CT molecular complexity index is 2780. The average molecular weight is 652 g/mol. The molecule has 7 aromatic carbocycles. The van der Waals surface area contributed by atoms with Gasteiger partial charge in [-0.2, -0.15) is 0 Å². The summed E-state index contributed by atoms with van der Waals surface area (Å²) in [6, 6.07) is 58.1. The predicted octanol–water partition coefficient (Wildman–Crippen LogP) is 12.7. The number of hydrogen-bond acceptors (Lipinski definition) is 1. The minimum atomic E-state index is -0.600. The second kappa shape index (κ2) is 10.8. The van der Waals surface area contributed by atoms with E-state index in [1.165, 1.54) is 83.1 Å². The highest BCUT2D eigenvalue weighted by Crippen LogP contribution is 2.60. The van der Waals surface area contributed by atoms with Gasteiger partial charge in [0.15, 0.2) is 0 Å². The zero-order valence-electron chi connectivity index (χ0n) is 28.0. The highest BCUT2D eigenvalue weighted by molar-refractivity contribution is 6.12. The molecule has 51 heavy (non-hydrogen) atoms.